The Bertz CT molecular complexity index is 827. The Morgan fingerprint density at radius 2 is 1.91 bits per heavy atom. The number of furan rings is 1. The van der Waals surface area contributed by atoms with Crippen LogP contribution in [0.1, 0.15) is 21.9 Å². The molecule has 0 aliphatic rings. The molecule has 0 spiro atoms. The van der Waals surface area contributed by atoms with Gasteiger partial charge in [0.1, 0.15) is 17.3 Å². The summed E-state index contributed by atoms with van der Waals surface area (Å²) >= 11 is 0. The Morgan fingerprint density at radius 3 is 2.45 bits per heavy atom. The minimum absolute atomic E-state index is 0.236. The molecular formula is C14H15FN2O4S. The first-order valence-corrected chi connectivity index (χ1v) is 8.20. The number of carbonyl (C=O) groups is 1. The van der Waals surface area contributed by atoms with Crippen molar-refractivity contribution in [2.45, 2.75) is 13.8 Å². The van der Waals surface area contributed by atoms with Gasteiger partial charge in [-0.2, -0.15) is 0 Å². The Morgan fingerprint density at radius 1 is 1.23 bits per heavy atom. The number of hydrogen-bond acceptors (Lipinski definition) is 4. The fourth-order valence-electron chi connectivity index (χ4n) is 1.94. The quantitative estimate of drug-likeness (QED) is 0.904. The molecule has 0 bridgehead atoms. The first-order valence-electron chi connectivity index (χ1n) is 6.31. The molecule has 0 fully saturated rings. The SMILES string of the molecule is Cc1cc(C(=O)Nc2ccc(F)c(NS(C)(=O)=O)c2)c(C)o1. The highest BCUT2D eigenvalue weighted by atomic mass is 32.2. The molecule has 118 valence electrons. The van der Waals surface area contributed by atoms with E-state index in [0.29, 0.717) is 17.1 Å². The van der Waals surface area contributed by atoms with E-state index in [4.69, 9.17) is 4.42 Å². The van der Waals surface area contributed by atoms with Crippen LogP contribution in [0.5, 0.6) is 0 Å². The second kappa shape index (κ2) is 5.80. The molecule has 0 aliphatic heterocycles. The molecule has 0 radical (unpaired) electrons. The fraction of sp³-hybridized carbons (Fsp3) is 0.214. The highest BCUT2D eigenvalue weighted by Gasteiger charge is 2.15. The van der Waals surface area contributed by atoms with E-state index in [1.165, 1.54) is 12.1 Å². The van der Waals surface area contributed by atoms with E-state index < -0.39 is 21.7 Å². The average Bonchev–Trinajstić information content (AvgIpc) is 2.71. The van der Waals surface area contributed by atoms with Gasteiger partial charge in [0.05, 0.1) is 17.5 Å². The van der Waals surface area contributed by atoms with Crippen molar-refractivity contribution in [1.29, 1.82) is 0 Å². The number of benzene rings is 1. The van der Waals surface area contributed by atoms with Gasteiger partial charge in [-0.1, -0.05) is 0 Å². The Balaban J connectivity index is 2.25. The maximum Gasteiger partial charge on any atom is 0.259 e. The first-order chi connectivity index (χ1) is 10.2. The van der Waals surface area contributed by atoms with Gasteiger partial charge in [0, 0.05) is 5.69 Å². The largest absolute Gasteiger partial charge is 0.466 e. The van der Waals surface area contributed by atoms with E-state index in [1.807, 2.05) is 4.72 Å². The van der Waals surface area contributed by atoms with Crippen molar-refractivity contribution >= 4 is 27.3 Å². The smallest absolute Gasteiger partial charge is 0.259 e. The summed E-state index contributed by atoms with van der Waals surface area (Å²) in [5.74, 6) is -0.0993. The molecule has 2 aromatic rings. The highest BCUT2D eigenvalue weighted by Crippen LogP contribution is 2.22. The zero-order valence-corrected chi connectivity index (χ0v) is 13.0. The third-order valence-corrected chi connectivity index (χ3v) is 3.40. The molecule has 1 aromatic heterocycles. The molecule has 0 atom stereocenters. The summed E-state index contributed by atoms with van der Waals surface area (Å²) in [6.07, 6.45) is 0.912. The predicted octanol–water partition coefficient (Wildman–Crippen LogP) is 2.66. The third kappa shape index (κ3) is 3.85. The monoisotopic (exact) mass is 326 g/mol. The molecule has 0 aliphatic carbocycles. The van der Waals surface area contributed by atoms with Crippen molar-refractivity contribution < 1.29 is 22.0 Å². The van der Waals surface area contributed by atoms with Crippen molar-refractivity contribution in [3.05, 3.63) is 47.2 Å². The minimum atomic E-state index is -3.62. The lowest BCUT2D eigenvalue weighted by Crippen LogP contribution is -2.14. The molecule has 2 N–H and O–H groups in total. The maximum absolute atomic E-state index is 13.6. The van der Waals surface area contributed by atoms with Crippen LogP contribution in [0.25, 0.3) is 0 Å². The van der Waals surface area contributed by atoms with E-state index in [1.54, 1.807) is 19.9 Å². The molecule has 0 saturated carbocycles. The van der Waals surface area contributed by atoms with Gasteiger partial charge < -0.3 is 9.73 Å². The van der Waals surface area contributed by atoms with Gasteiger partial charge in [-0.15, -0.1) is 0 Å². The molecule has 1 aromatic carbocycles. The van der Waals surface area contributed by atoms with Crippen LogP contribution in [0.15, 0.2) is 28.7 Å². The topological polar surface area (TPSA) is 88.4 Å². The summed E-state index contributed by atoms with van der Waals surface area (Å²) in [6, 6.07) is 5.19. The number of rotatable bonds is 4. The van der Waals surface area contributed by atoms with Crippen molar-refractivity contribution in [1.82, 2.24) is 0 Å². The van der Waals surface area contributed by atoms with Crippen LogP contribution in [-0.4, -0.2) is 20.6 Å². The van der Waals surface area contributed by atoms with E-state index >= 15 is 0 Å². The van der Waals surface area contributed by atoms with Crippen molar-refractivity contribution in [3.8, 4) is 0 Å². The van der Waals surface area contributed by atoms with E-state index in [9.17, 15) is 17.6 Å². The van der Waals surface area contributed by atoms with Crippen LogP contribution >= 0.6 is 0 Å². The number of halogens is 1. The number of hydrogen-bond donors (Lipinski definition) is 2. The molecule has 1 amide bonds. The number of nitrogens with one attached hydrogen (secondary N) is 2. The van der Waals surface area contributed by atoms with E-state index in [-0.39, 0.29) is 11.4 Å². The summed E-state index contributed by atoms with van der Waals surface area (Å²) in [7, 11) is -3.62. The summed E-state index contributed by atoms with van der Waals surface area (Å²) < 4.78 is 43.2. The normalized spacial score (nSPS) is 11.3. The van der Waals surface area contributed by atoms with E-state index in [0.717, 1.165) is 12.3 Å². The second-order valence-corrected chi connectivity index (χ2v) is 6.60. The van der Waals surface area contributed by atoms with Crippen molar-refractivity contribution in [3.63, 3.8) is 0 Å². The molecule has 1 heterocycles. The van der Waals surface area contributed by atoms with Crippen LogP contribution < -0.4 is 10.0 Å². The van der Waals surface area contributed by atoms with Gasteiger partial charge in [-0.3, -0.25) is 9.52 Å². The molecular weight excluding hydrogens is 311 g/mol. The third-order valence-electron chi connectivity index (χ3n) is 2.81. The Labute approximate surface area is 127 Å². The van der Waals surface area contributed by atoms with Gasteiger partial charge in [-0.25, -0.2) is 12.8 Å². The molecule has 0 unspecified atom stereocenters. The van der Waals surface area contributed by atoms with Gasteiger partial charge in [0.2, 0.25) is 10.0 Å². The molecule has 6 nitrogen and oxygen atoms in total. The summed E-state index contributed by atoms with van der Waals surface area (Å²) in [5, 5.41) is 2.57. The highest BCUT2D eigenvalue weighted by molar-refractivity contribution is 7.92. The van der Waals surface area contributed by atoms with Crippen molar-refractivity contribution in [2.24, 2.45) is 0 Å². The lowest BCUT2D eigenvalue weighted by molar-refractivity contribution is 0.102. The standard InChI is InChI=1S/C14H15FN2O4S/c1-8-6-11(9(2)21-8)14(18)16-10-4-5-12(15)13(7-10)17-22(3,19)20/h4-7,17H,1-3H3,(H,16,18). The second-order valence-electron chi connectivity index (χ2n) is 4.85. The molecule has 0 saturated heterocycles. The predicted molar refractivity (Wildman–Crippen MR) is 81.0 cm³/mol. The minimum Gasteiger partial charge on any atom is -0.466 e. The number of carbonyl (C=O) groups excluding carboxylic acids is 1. The number of aryl methyl sites for hydroxylation is 2. The van der Waals surface area contributed by atoms with E-state index in [2.05, 4.69) is 5.32 Å². The Kier molecular flexibility index (Phi) is 4.23. The number of amides is 1. The average molecular weight is 326 g/mol. The molecule has 22 heavy (non-hydrogen) atoms. The van der Waals surface area contributed by atoms with Crippen LogP contribution in [0.4, 0.5) is 15.8 Å². The zero-order chi connectivity index (χ0) is 16.5. The van der Waals surface area contributed by atoms with Crippen LogP contribution in [0.3, 0.4) is 0 Å². The maximum atomic E-state index is 13.6. The fourth-order valence-corrected chi connectivity index (χ4v) is 2.49. The summed E-state index contributed by atoms with van der Waals surface area (Å²) in [5.41, 5.74) is 0.385. The van der Waals surface area contributed by atoms with Gasteiger partial charge in [0.25, 0.3) is 5.91 Å². The van der Waals surface area contributed by atoms with Crippen LogP contribution in [-0.2, 0) is 10.0 Å². The van der Waals surface area contributed by atoms with Gasteiger partial charge in [0.15, 0.2) is 0 Å². The lowest BCUT2D eigenvalue weighted by Gasteiger charge is -2.09. The molecule has 2 rings (SSSR count). The van der Waals surface area contributed by atoms with Crippen molar-refractivity contribution in [2.75, 3.05) is 16.3 Å². The summed E-state index contributed by atoms with van der Waals surface area (Å²) in [4.78, 5) is 12.1. The number of sulfonamides is 1. The van der Waals surface area contributed by atoms with Gasteiger partial charge in [-0.05, 0) is 38.1 Å². The molecule has 8 heteroatoms. The summed E-state index contributed by atoms with van der Waals surface area (Å²) in [6.45, 7) is 3.37. The Hall–Kier alpha value is -2.35. The van der Waals surface area contributed by atoms with Gasteiger partial charge >= 0.3 is 0 Å². The van der Waals surface area contributed by atoms with Crippen LogP contribution in [0, 0.1) is 19.7 Å². The zero-order valence-electron chi connectivity index (χ0n) is 12.2. The van der Waals surface area contributed by atoms with Crippen LogP contribution in [0.2, 0.25) is 0 Å². The lowest BCUT2D eigenvalue weighted by atomic mass is 10.2. The first kappa shape index (κ1) is 16.0. The number of anilines is 2.